The van der Waals surface area contributed by atoms with Gasteiger partial charge in [0.25, 0.3) is 0 Å². The summed E-state index contributed by atoms with van der Waals surface area (Å²) >= 11 is 0. The van der Waals surface area contributed by atoms with Crippen LogP contribution in [0.2, 0.25) is 0 Å². The minimum atomic E-state index is -3.67. The predicted octanol–water partition coefficient (Wildman–Crippen LogP) is 1.97. The zero-order chi connectivity index (χ0) is 17.7. The number of carbonyl (C=O) groups is 1. The molecular weight excluding hydrogens is 366 g/mol. The highest BCUT2D eigenvalue weighted by molar-refractivity contribution is 7.89. The molecule has 1 fully saturated rings. The Morgan fingerprint density at radius 2 is 1.96 bits per heavy atom. The topological polar surface area (TPSA) is 102 Å². The predicted molar refractivity (Wildman–Crippen MR) is 99.7 cm³/mol. The van der Waals surface area contributed by atoms with Gasteiger partial charge in [0.15, 0.2) is 0 Å². The summed E-state index contributed by atoms with van der Waals surface area (Å²) in [7, 11) is -3.67. The first-order chi connectivity index (χ1) is 11.4. The molecule has 0 radical (unpaired) electrons. The van der Waals surface area contributed by atoms with E-state index in [9.17, 15) is 13.2 Å². The minimum absolute atomic E-state index is 0. The van der Waals surface area contributed by atoms with Gasteiger partial charge in [0, 0.05) is 18.8 Å². The molecule has 1 aliphatic heterocycles. The van der Waals surface area contributed by atoms with Gasteiger partial charge in [0.1, 0.15) is 10.6 Å². The molecule has 2 rings (SSSR count). The molecule has 7 nitrogen and oxygen atoms in total. The Morgan fingerprint density at radius 1 is 1.32 bits per heavy atom. The maximum Gasteiger partial charge on any atom is 0.246 e. The van der Waals surface area contributed by atoms with Gasteiger partial charge in [-0.15, -0.1) is 12.4 Å². The van der Waals surface area contributed by atoms with Crippen molar-refractivity contribution in [3.8, 4) is 5.75 Å². The van der Waals surface area contributed by atoms with E-state index >= 15 is 0 Å². The van der Waals surface area contributed by atoms with Gasteiger partial charge < -0.3 is 15.8 Å². The van der Waals surface area contributed by atoms with Gasteiger partial charge in [-0.05, 0) is 44.9 Å². The van der Waals surface area contributed by atoms with Gasteiger partial charge in [-0.1, -0.05) is 6.42 Å². The van der Waals surface area contributed by atoms with Crippen molar-refractivity contribution >= 4 is 34.0 Å². The van der Waals surface area contributed by atoms with E-state index in [-0.39, 0.29) is 23.2 Å². The molecule has 142 valence electrons. The molecule has 1 aromatic carbocycles. The second kappa shape index (κ2) is 9.38. The van der Waals surface area contributed by atoms with Gasteiger partial charge in [0.2, 0.25) is 15.9 Å². The van der Waals surface area contributed by atoms with Gasteiger partial charge in [-0.3, -0.25) is 4.79 Å². The van der Waals surface area contributed by atoms with Crippen LogP contribution < -0.4 is 15.8 Å². The van der Waals surface area contributed by atoms with Crippen LogP contribution in [-0.2, 0) is 14.8 Å². The average Bonchev–Trinajstić information content (AvgIpc) is 2.57. The highest BCUT2D eigenvalue weighted by Gasteiger charge is 2.29. The Morgan fingerprint density at radius 3 is 2.52 bits per heavy atom. The molecule has 0 aromatic heterocycles. The van der Waals surface area contributed by atoms with Gasteiger partial charge in [0.05, 0.1) is 12.6 Å². The summed E-state index contributed by atoms with van der Waals surface area (Å²) < 4.78 is 32.9. The molecule has 1 atom stereocenters. The number of hydrogen-bond donors (Lipinski definition) is 2. The van der Waals surface area contributed by atoms with E-state index < -0.39 is 16.1 Å². The Kier molecular flexibility index (Phi) is 8.14. The van der Waals surface area contributed by atoms with E-state index in [0.717, 1.165) is 19.3 Å². The van der Waals surface area contributed by atoms with Crippen molar-refractivity contribution in [1.29, 1.82) is 0 Å². The van der Waals surface area contributed by atoms with Crippen LogP contribution in [0.1, 0.15) is 33.1 Å². The van der Waals surface area contributed by atoms with Crippen LogP contribution in [0.15, 0.2) is 23.1 Å². The van der Waals surface area contributed by atoms with Crippen molar-refractivity contribution in [3.63, 3.8) is 0 Å². The van der Waals surface area contributed by atoms with Crippen molar-refractivity contribution in [2.45, 2.75) is 44.0 Å². The lowest BCUT2D eigenvalue weighted by atomic mass is 10.2. The van der Waals surface area contributed by atoms with E-state index in [4.69, 9.17) is 10.5 Å². The second-order valence-electron chi connectivity index (χ2n) is 5.84. The van der Waals surface area contributed by atoms with Crippen molar-refractivity contribution < 1.29 is 17.9 Å². The monoisotopic (exact) mass is 391 g/mol. The molecule has 1 amide bonds. The summed E-state index contributed by atoms with van der Waals surface area (Å²) in [6.07, 6.45) is 2.74. The number of nitrogens with zero attached hydrogens (tertiary/aromatic N) is 1. The van der Waals surface area contributed by atoms with E-state index in [1.165, 1.54) is 10.4 Å². The minimum Gasteiger partial charge on any atom is -0.492 e. The first-order valence-electron chi connectivity index (χ1n) is 8.19. The summed E-state index contributed by atoms with van der Waals surface area (Å²) in [5, 5.41) is 2.62. The number of nitrogens with one attached hydrogen (secondary N) is 1. The molecule has 3 N–H and O–H groups in total. The van der Waals surface area contributed by atoms with Crippen LogP contribution in [0, 0.1) is 0 Å². The standard InChI is InChI=1S/C16H25N3O4S.ClH/c1-3-23-14-8-7-13(18-16(20)12(2)17)11-15(14)24(21,22)19-9-5-4-6-10-19;/h7-8,11-12H,3-6,9-10,17H2,1-2H3,(H,18,20);1H. The third-order valence-electron chi connectivity index (χ3n) is 3.86. The Balaban J connectivity index is 0.00000312. The zero-order valence-electron chi connectivity index (χ0n) is 14.5. The lowest BCUT2D eigenvalue weighted by Crippen LogP contribution is -2.36. The SMILES string of the molecule is CCOc1ccc(NC(=O)C(C)N)cc1S(=O)(=O)N1CCCCC1.Cl. The Hall–Kier alpha value is -1.35. The van der Waals surface area contributed by atoms with Crippen molar-refractivity contribution in [2.24, 2.45) is 5.73 Å². The van der Waals surface area contributed by atoms with E-state index in [0.29, 0.717) is 31.1 Å². The molecule has 1 aliphatic rings. The number of rotatable bonds is 6. The number of ether oxygens (including phenoxy) is 1. The van der Waals surface area contributed by atoms with Crippen molar-refractivity contribution in [3.05, 3.63) is 18.2 Å². The van der Waals surface area contributed by atoms with Crippen molar-refractivity contribution in [2.75, 3.05) is 25.0 Å². The Bertz CT molecular complexity index is 689. The number of amides is 1. The van der Waals surface area contributed by atoms with Gasteiger partial charge >= 0.3 is 0 Å². The second-order valence-corrected chi connectivity index (χ2v) is 7.74. The highest BCUT2D eigenvalue weighted by atomic mass is 35.5. The number of nitrogens with two attached hydrogens (primary N) is 1. The number of hydrogen-bond acceptors (Lipinski definition) is 5. The number of sulfonamides is 1. The smallest absolute Gasteiger partial charge is 0.246 e. The maximum atomic E-state index is 13.0. The van der Waals surface area contributed by atoms with Crippen LogP contribution in [-0.4, -0.2) is 44.4 Å². The molecular formula is C16H26ClN3O4S. The highest BCUT2D eigenvalue weighted by Crippen LogP contribution is 2.31. The molecule has 0 bridgehead atoms. The lowest BCUT2D eigenvalue weighted by Gasteiger charge is -2.27. The molecule has 1 unspecified atom stereocenters. The number of carbonyl (C=O) groups excluding carboxylic acids is 1. The average molecular weight is 392 g/mol. The first-order valence-corrected chi connectivity index (χ1v) is 9.63. The van der Waals surface area contributed by atoms with Crippen LogP contribution in [0.25, 0.3) is 0 Å². The Labute approximate surface area is 155 Å². The number of piperidine rings is 1. The van der Waals surface area contributed by atoms with Gasteiger partial charge in [-0.2, -0.15) is 4.31 Å². The summed E-state index contributed by atoms with van der Waals surface area (Å²) in [6.45, 7) is 4.72. The van der Waals surface area contributed by atoms with Crippen LogP contribution in [0.4, 0.5) is 5.69 Å². The number of halogens is 1. The molecule has 0 spiro atoms. The third kappa shape index (κ3) is 5.31. The van der Waals surface area contributed by atoms with Crippen LogP contribution >= 0.6 is 12.4 Å². The molecule has 9 heteroatoms. The quantitative estimate of drug-likeness (QED) is 0.771. The summed E-state index contributed by atoms with van der Waals surface area (Å²) in [5.41, 5.74) is 5.92. The summed E-state index contributed by atoms with van der Waals surface area (Å²) in [5.74, 6) is -0.0812. The number of anilines is 1. The van der Waals surface area contributed by atoms with E-state index in [2.05, 4.69) is 5.32 Å². The van der Waals surface area contributed by atoms with E-state index in [1.54, 1.807) is 26.0 Å². The largest absolute Gasteiger partial charge is 0.492 e. The summed E-state index contributed by atoms with van der Waals surface area (Å²) in [4.78, 5) is 11.8. The summed E-state index contributed by atoms with van der Waals surface area (Å²) in [6, 6.07) is 3.94. The van der Waals surface area contributed by atoms with Crippen molar-refractivity contribution in [1.82, 2.24) is 4.31 Å². The third-order valence-corrected chi connectivity index (χ3v) is 5.78. The van der Waals surface area contributed by atoms with Crippen LogP contribution in [0.5, 0.6) is 5.75 Å². The van der Waals surface area contributed by atoms with E-state index in [1.807, 2.05) is 0 Å². The fraction of sp³-hybridized carbons (Fsp3) is 0.562. The van der Waals surface area contributed by atoms with Gasteiger partial charge in [-0.25, -0.2) is 8.42 Å². The molecule has 0 saturated carbocycles. The fourth-order valence-electron chi connectivity index (χ4n) is 2.56. The molecule has 1 saturated heterocycles. The molecule has 0 aliphatic carbocycles. The molecule has 25 heavy (non-hydrogen) atoms. The fourth-order valence-corrected chi connectivity index (χ4v) is 4.24. The first kappa shape index (κ1) is 21.7. The zero-order valence-corrected chi connectivity index (χ0v) is 16.2. The molecule has 1 heterocycles. The molecule has 1 aromatic rings. The lowest BCUT2D eigenvalue weighted by molar-refractivity contribution is -0.117. The van der Waals surface area contributed by atoms with Crippen LogP contribution in [0.3, 0.4) is 0 Å². The maximum absolute atomic E-state index is 13.0. The normalized spacial score (nSPS) is 16.6. The number of benzene rings is 1.